The minimum atomic E-state index is -0.0676. The number of aromatic nitrogens is 5. The molecular weight excluding hydrogens is 408 g/mol. The molecule has 1 fully saturated rings. The summed E-state index contributed by atoms with van der Waals surface area (Å²) in [5, 5.41) is 9.84. The van der Waals surface area contributed by atoms with Crippen molar-refractivity contribution in [2.45, 2.75) is 43.1 Å². The zero-order chi connectivity index (χ0) is 20.2. The summed E-state index contributed by atoms with van der Waals surface area (Å²) >= 11 is 7.48. The van der Waals surface area contributed by atoms with Crippen LogP contribution in [0.15, 0.2) is 47.9 Å². The first-order valence-electron chi connectivity index (χ1n) is 9.55. The van der Waals surface area contributed by atoms with E-state index in [9.17, 15) is 4.79 Å². The number of hydrogen-bond donors (Lipinski definition) is 0. The molecule has 7 nitrogen and oxygen atoms in total. The van der Waals surface area contributed by atoms with Crippen LogP contribution in [0.3, 0.4) is 0 Å². The number of halogens is 1. The van der Waals surface area contributed by atoms with E-state index in [1.165, 1.54) is 11.8 Å². The van der Waals surface area contributed by atoms with Crippen molar-refractivity contribution >= 4 is 29.3 Å². The predicted octanol–water partition coefficient (Wildman–Crippen LogP) is 4.02. The van der Waals surface area contributed by atoms with E-state index in [4.69, 9.17) is 11.6 Å². The Labute approximate surface area is 178 Å². The maximum Gasteiger partial charge on any atom is 0.276 e. The van der Waals surface area contributed by atoms with E-state index in [1.807, 2.05) is 17.0 Å². The number of likely N-dealkylation sites (tertiary alicyclic amines) is 1. The van der Waals surface area contributed by atoms with E-state index in [1.54, 1.807) is 35.3 Å². The number of piperidine rings is 1. The van der Waals surface area contributed by atoms with E-state index < -0.39 is 0 Å². The lowest BCUT2D eigenvalue weighted by Gasteiger charge is -2.33. The Kier molecular flexibility index (Phi) is 6.10. The maximum atomic E-state index is 13.3. The second-order valence-electron chi connectivity index (χ2n) is 6.94. The van der Waals surface area contributed by atoms with Gasteiger partial charge in [-0.2, -0.15) is 0 Å². The largest absolute Gasteiger partial charge is 0.334 e. The van der Waals surface area contributed by atoms with Gasteiger partial charge in [-0.25, -0.2) is 14.6 Å². The van der Waals surface area contributed by atoms with Gasteiger partial charge in [0.1, 0.15) is 0 Å². The number of hydrogen-bond acceptors (Lipinski definition) is 6. The molecule has 1 unspecified atom stereocenters. The summed E-state index contributed by atoms with van der Waals surface area (Å²) in [6.45, 7) is 2.84. The van der Waals surface area contributed by atoms with Crippen LogP contribution in [0.4, 0.5) is 0 Å². The van der Waals surface area contributed by atoms with Gasteiger partial charge in [0.05, 0.1) is 11.4 Å². The lowest BCUT2D eigenvalue weighted by molar-refractivity contribution is 0.0628. The van der Waals surface area contributed by atoms with Gasteiger partial charge in [-0.3, -0.25) is 4.79 Å². The van der Waals surface area contributed by atoms with Gasteiger partial charge in [-0.1, -0.05) is 28.6 Å². The Morgan fingerprint density at radius 3 is 2.69 bits per heavy atom. The molecule has 4 rings (SSSR count). The van der Waals surface area contributed by atoms with Crippen molar-refractivity contribution in [2.24, 2.45) is 0 Å². The van der Waals surface area contributed by atoms with Crippen molar-refractivity contribution in [1.29, 1.82) is 0 Å². The smallest absolute Gasteiger partial charge is 0.276 e. The van der Waals surface area contributed by atoms with Crippen LogP contribution in [0.5, 0.6) is 0 Å². The van der Waals surface area contributed by atoms with Gasteiger partial charge in [-0.05, 0) is 56.5 Å². The number of amides is 1. The summed E-state index contributed by atoms with van der Waals surface area (Å²) in [4.78, 5) is 23.7. The fourth-order valence-electron chi connectivity index (χ4n) is 3.42. The molecule has 0 spiro atoms. The number of nitrogens with zero attached hydrogens (tertiary/aromatic N) is 6. The monoisotopic (exact) mass is 428 g/mol. The Balaban J connectivity index is 1.68. The standard InChI is InChI=1S/C20H21ClN6OS/c1-14-5-2-3-12-26(14)19(28)18-17(13-29-20-22-10-4-11-23-20)27(25-24-18)16-8-6-15(21)7-9-16/h4,6-11,14H,2-3,5,12-13H2,1H3. The first kappa shape index (κ1) is 19.8. The third-order valence-electron chi connectivity index (χ3n) is 4.98. The normalized spacial score (nSPS) is 16.8. The van der Waals surface area contributed by atoms with Crippen molar-refractivity contribution in [3.63, 3.8) is 0 Å². The highest BCUT2D eigenvalue weighted by atomic mass is 35.5. The van der Waals surface area contributed by atoms with E-state index in [0.29, 0.717) is 21.6 Å². The molecule has 0 N–H and O–H groups in total. The highest BCUT2D eigenvalue weighted by Crippen LogP contribution is 2.26. The van der Waals surface area contributed by atoms with E-state index in [-0.39, 0.29) is 11.9 Å². The van der Waals surface area contributed by atoms with Crippen LogP contribution in [-0.2, 0) is 5.75 Å². The predicted molar refractivity (Wildman–Crippen MR) is 112 cm³/mol. The Bertz CT molecular complexity index is 978. The van der Waals surface area contributed by atoms with Gasteiger partial charge < -0.3 is 4.90 Å². The molecule has 0 bridgehead atoms. The van der Waals surface area contributed by atoms with Crippen LogP contribution in [0, 0.1) is 0 Å². The number of carbonyl (C=O) groups excluding carboxylic acids is 1. The van der Waals surface area contributed by atoms with Crippen LogP contribution in [-0.4, -0.2) is 48.4 Å². The molecule has 3 heterocycles. The van der Waals surface area contributed by atoms with Crippen LogP contribution < -0.4 is 0 Å². The highest BCUT2D eigenvalue weighted by Gasteiger charge is 2.29. The molecule has 0 aliphatic carbocycles. The molecule has 3 aromatic rings. The van der Waals surface area contributed by atoms with E-state index in [0.717, 1.165) is 37.2 Å². The average molecular weight is 429 g/mol. The lowest BCUT2D eigenvalue weighted by atomic mass is 10.0. The van der Waals surface area contributed by atoms with Crippen LogP contribution >= 0.6 is 23.4 Å². The Hall–Kier alpha value is -2.45. The van der Waals surface area contributed by atoms with Crippen molar-refractivity contribution < 1.29 is 4.79 Å². The zero-order valence-corrected chi connectivity index (χ0v) is 17.6. The molecule has 1 amide bonds. The molecule has 29 heavy (non-hydrogen) atoms. The summed E-state index contributed by atoms with van der Waals surface area (Å²) in [5.74, 6) is 0.408. The lowest BCUT2D eigenvalue weighted by Crippen LogP contribution is -2.42. The SMILES string of the molecule is CC1CCCCN1C(=O)c1nnn(-c2ccc(Cl)cc2)c1CSc1ncccn1. The number of carbonyl (C=O) groups is 1. The molecular formula is C20H21ClN6OS. The molecule has 1 atom stereocenters. The minimum absolute atomic E-state index is 0.0676. The summed E-state index contributed by atoms with van der Waals surface area (Å²) in [6, 6.07) is 9.30. The van der Waals surface area contributed by atoms with Crippen molar-refractivity contribution in [3.05, 3.63) is 59.1 Å². The van der Waals surface area contributed by atoms with Gasteiger partial charge in [0, 0.05) is 35.8 Å². The van der Waals surface area contributed by atoms with Gasteiger partial charge in [0.2, 0.25) is 0 Å². The Morgan fingerprint density at radius 1 is 1.21 bits per heavy atom. The zero-order valence-electron chi connectivity index (χ0n) is 16.0. The van der Waals surface area contributed by atoms with Crippen molar-refractivity contribution in [1.82, 2.24) is 29.9 Å². The second-order valence-corrected chi connectivity index (χ2v) is 8.32. The summed E-state index contributed by atoms with van der Waals surface area (Å²) in [7, 11) is 0. The number of rotatable bonds is 5. The van der Waals surface area contributed by atoms with Gasteiger partial charge in [0.15, 0.2) is 10.9 Å². The van der Waals surface area contributed by atoms with Crippen LogP contribution in [0.1, 0.15) is 42.4 Å². The molecule has 0 radical (unpaired) electrons. The molecule has 150 valence electrons. The van der Waals surface area contributed by atoms with Crippen molar-refractivity contribution in [3.8, 4) is 5.69 Å². The molecule has 1 aromatic carbocycles. The van der Waals surface area contributed by atoms with Crippen molar-refractivity contribution in [2.75, 3.05) is 6.54 Å². The van der Waals surface area contributed by atoms with Gasteiger partial charge in [-0.15, -0.1) is 5.10 Å². The molecule has 0 saturated carbocycles. The Morgan fingerprint density at radius 2 is 1.97 bits per heavy atom. The topological polar surface area (TPSA) is 76.8 Å². The number of benzene rings is 1. The summed E-state index contributed by atoms with van der Waals surface area (Å²) < 4.78 is 1.70. The van der Waals surface area contributed by atoms with Gasteiger partial charge >= 0.3 is 0 Å². The number of thioether (sulfide) groups is 1. The highest BCUT2D eigenvalue weighted by molar-refractivity contribution is 7.98. The molecule has 1 aliphatic rings. The third-order valence-corrected chi connectivity index (χ3v) is 6.12. The third kappa shape index (κ3) is 4.43. The van der Waals surface area contributed by atoms with E-state index >= 15 is 0 Å². The quantitative estimate of drug-likeness (QED) is 0.451. The molecule has 1 aliphatic heterocycles. The molecule has 1 saturated heterocycles. The average Bonchev–Trinajstić information content (AvgIpc) is 3.17. The van der Waals surface area contributed by atoms with Crippen LogP contribution in [0.2, 0.25) is 5.02 Å². The second kappa shape index (κ2) is 8.92. The fourth-order valence-corrected chi connectivity index (χ4v) is 4.34. The first-order valence-corrected chi connectivity index (χ1v) is 10.9. The van der Waals surface area contributed by atoms with E-state index in [2.05, 4.69) is 27.2 Å². The summed E-state index contributed by atoms with van der Waals surface area (Å²) in [5.41, 5.74) is 1.92. The molecule has 2 aromatic heterocycles. The fraction of sp³-hybridized carbons (Fsp3) is 0.350. The van der Waals surface area contributed by atoms with Gasteiger partial charge in [0.25, 0.3) is 5.91 Å². The first-order chi connectivity index (χ1) is 14.1. The van der Waals surface area contributed by atoms with Crippen LogP contribution in [0.25, 0.3) is 5.69 Å². The maximum absolute atomic E-state index is 13.3. The minimum Gasteiger partial charge on any atom is -0.334 e. The summed E-state index contributed by atoms with van der Waals surface area (Å²) in [6.07, 6.45) is 6.58. The molecule has 9 heteroatoms.